The number of nitrogen functional groups attached to an aromatic ring is 1. The van der Waals surface area contributed by atoms with E-state index in [2.05, 4.69) is 0 Å². The minimum absolute atomic E-state index is 0.167. The highest BCUT2D eigenvalue weighted by Gasteiger charge is 2.36. The Morgan fingerprint density at radius 2 is 1.79 bits per heavy atom. The highest BCUT2D eigenvalue weighted by Crippen LogP contribution is 2.28. The molecule has 2 N–H and O–H groups in total. The minimum atomic E-state index is -4.59. The molecule has 19 heavy (non-hydrogen) atoms. The molecule has 0 heterocycles. The van der Waals surface area contributed by atoms with E-state index in [0.717, 1.165) is 7.05 Å². The standard InChI is InChI=1S/C11H15F3N2O2S/c1-7-4-5-9(15)8(2)10(7)19(17,18)16(3)6-11(12,13)14/h4-5H,6,15H2,1-3H3. The van der Waals surface area contributed by atoms with E-state index in [1.54, 1.807) is 0 Å². The van der Waals surface area contributed by atoms with Gasteiger partial charge in [0.1, 0.15) is 6.54 Å². The van der Waals surface area contributed by atoms with Gasteiger partial charge in [-0.25, -0.2) is 8.42 Å². The number of alkyl halides is 3. The molecule has 0 spiro atoms. The van der Waals surface area contributed by atoms with Crippen LogP contribution in [0.1, 0.15) is 11.1 Å². The first kappa shape index (κ1) is 15.8. The van der Waals surface area contributed by atoms with Gasteiger partial charge in [0.05, 0.1) is 4.90 Å². The van der Waals surface area contributed by atoms with Crippen LogP contribution in [0.5, 0.6) is 0 Å². The Bertz CT molecular complexity index is 582. The molecule has 0 aliphatic heterocycles. The van der Waals surface area contributed by atoms with Crippen molar-refractivity contribution in [1.29, 1.82) is 0 Å². The zero-order valence-electron chi connectivity index (χ0n) is 10.7. The van der Waals surface area contributed by atoms with Crippen molar-refractivity contribution in [2.75, 3.05) is 19.3 Å². The van der Waals surface area contributed by atoms with Crippen molar-refractivity contribution in [3.05, 3.63) is 23.3 Å². The lowest BCUT2D eigenvalue weighted by Gasteiger charge is -2.21. The van der Waals surface area contributed by atoms with Crippen molar-refractivity contribution in [1.82, 2.24) is 4.31 Å². The summed E-state index contributed by atoms with van der Waals surface area (Å²) in [6.45, 7) is 1.44. The number of aryl methyl sites for hydroxylation is 1. The Kier molecular flexibility index (Phi) is 4.16. The zero-order valence-corrected chi connectivity index (χ0v) is 11.6. The molecule has 1 rings (SSSR count). The predicted molar refractivity (Wildman–Crippen MR) is 66.2 cm³/mol. The highest BCUT2D eigenvalue weighted by molar-refractivity contribution is 7.89. The number of benzene rings is 1. The van der Waals surface area contributed by atoms with Crippen LogP contribution in [0.15, 0.2) is 17.0 Å². The molecule has 0 atom stereocenters. The number of nitrogens with zero attached hydrogens (tertiary/aromatic N) is 1. The van der Waals surface area contributed by atoms with Crippen molar-refractivity contribution >= 4 is 15.7 Å². The molecule has 1 aromatic rings. The summed E-state index contributed by atoms with van der Waals surface area (Å²) < 4.78 is 61.5. The van der Waals surface area contributed by atoms with Crippen LogP contribution in [0.3, 0.4) is 0 Å². The van der Waals surface area contributed by atoms with Gasteiger partial charge < -0.3 is 5.73 Å². The normalized spacial score (nSPS) is 13.0. The topological polar surface area (TPSA) is 63.4 Å². The summed E-state index contributed by atoms with van der Waals surface area (Å²) in [5.41, 5.74) is 6.46. The third-order valence-electron chi connectivity index (χ3n) is 2.71. The van der Waals surface area contributed by atoms with Crippen LogP contribution in [0, 0.1) is 13.8 Å². The van der Waals surface area contributed by atoms with Crippen LogP contribution in [-0.2, 0) is 10.0 Å². The molecule has 1 aromatic carbocycles. The van der Waals surface area contributed by atoms with Gasteiger partial charge in [0, 0.05) is 12.7 Å². The van der Waals surface area contributed by atoms with E-state index < -0.39 is 22.7 Å². The monoisotopic (exact) mass is 296 g/mol. The van der Waals surface area contributed by atoms with Crippen LogP contribution in [0.4, 0.5) is 18.9 Å². The Morgan fingerprint density at radius 1 is 1.26 bits per heavy atom. The van der Waals surface area contributed by atoms with E-state index in [4.69, 9.17) is 5.73 Å². The van der Waals surface area contributed by atoms with Crippen LogP contribution in [0.25, 0.3) is 0 Å². The molecule has 0 radical (unpaired) electrons. The summed E-state index contributed by atoms with van der Waals surface area (Å²) in [5, 5.41) is 0. The van der Waals surface area contributed by atoms with Gasteiger partial charge in [-0.15, -0.1) is 0 Å². The van der Waals surface area contributed by atoms with Crippen molar-refractivity contribution in [2.24, 2.45) is 0 Å². The molecule has 0 amide bonds. The summed E-state index contributed by atoms with van der Waals surface area (Å²) in [6, 6.07) is 2.99. The third kappa shape index (κ3) is 3.38. The van der Waals surface area contributed by atoms with Gasteiger partial charge in [-0.1, -0.05) is 6.07 Å². The molecule has 0 unspecified atom stereocenters. The third-order valence-corrected chi connectivity index (χ3v) is 4.81. The molecule has 0 aliphatic carbocycles. The fraction of sp³-hybridized carbons (Fsp3) is 0.455. The first-order chi connectivity index (χ1) is 8.47. The summed E-state index contributed by atoms with van der Waals surface area (Å²) in [5.74, 6) is 0. The first-order valence-corrected chi connectivity index (χ1v) is 6.79. The van der Waals surface area contributed by atoms with Gasteiger partial charge in [-0.2, -0.15) is 17.5 Å². The largest absolute Gasteiger partial charge is 0.402 e. The van der Waals surface area contributed by atoms with E-state index in [-0.39, 0.29) is 20.5 Å². The molecular formula is C11H15F3N2O2S. The number of rotatable bonds is 3. The average molecular weight is 296 g/mol. The van der Waals surface area contributed by atoms with Crippen LogP contribution >= 0.6 is 0 Å². The molecule has 0 fully saturated rings. The van der Waals surface area contributed by atoms with E-state index in [9.17, 15) is 21.6 Å². The summed E-state index contributed by atoms with van der Waals surface area (Å²) in [7, 11) is -3.33. The Morgan fingerprint density at radius 3 is 2.26 bits per heavy atom. The Labute approximate surface area is 110 Å². The molecular weight excluding hydrogens is 281 g/mol. The number of sulfonamides is 1. The maximum absolute atomic E-state index is 12.3. The number of hydrogen-bond acceptors (Lipinski definition) is 3. The molecule has 108 valence electrons. The average Bonchev–Trinajstić information content (AvgIpc) is 2.21. The van der Waals surface area contributed by atoms with E-state index in [1.807, 2.05) is 0 Å². The van der Waals surface area contributed by atoms with Crippen LogP contribution in [0.2, 0.25) is 0 Å². The second-order valence-corrected chi connectivity index (χ2v) is 6.28. The highest BCUT2D eigenvalue weighted by atomic mass is 32.2. The first-order valence-electron chi connectivity index (χ1n) is 5.35. The summed E-state index contributed by atoms with van der Waals surface area (Å²) in [4.78, 5) is -0.167. The summed E-state index contributed by atoms with van der Waals surface area (Å²) in [6.07, 6.45) is -4.59. The quantitative estimate of drug-likeness (QED) is 0.868. The second-order valence-electron chi connectivity index (χ2n) is 4.30. The zero-order chi connectivity index (χ0) is 15.0. The van der Waals surface area contributed by atoms with Gasteiger partial charge in [-0.3, -0.25) is 0 Å². The molecule has 0 bridgehead atoms. The minimum Gasteiger partial charge on any atom is -0.398 e. The van der Waals surface area contributed by atoms with E-state index >= 15 is 0 Å². The molecule has 8 heteroatoms. The van der Waals surface area contributed by atoms with E-state index in [0.29, 0.717) is 5.56 Å². The molecule has 0 aromatic heterocycles. The van der Waals surface area contributed by atoms with Gasteiger partial charge in [-0.05, 0) is 31.0 Å². The van der Waals surface area contributed by atoms with Crippen LogP contribution < -0.4 is 5.73 Å². The van der Waals surface area contributed by atoms with Crippen molar-refractivity contribution < 1.29 is 21.6 Å². The SMILES string of the molecule is Cc1ccc(N)c(C)c1S(=O)(=O)N(C)CC(F)(F)F. The smallest absolute Gasteiger partial charge is 0.398 e. The molecule has 0 saturated heterocycles. The fourth-order valence-corrected chi connectivity index (χ4v) is 3.34. The lowest BCUT2D eigenvalue weighted by atomic mass is 10.1. The molecule has 4 nitrogen and oxygen atoms in total. The lowest BCUT2D eigenvalue weighted by Crippen LogP contribution is -2.36. The number of halogens is 3. The maximum Gasteiger partial charge on any atom is 0.402 e. The number of hydrogen-bond donors (Lipinski definition) is 1. The summed E-state index contributed by atoms with van der Waals surface area (Å²) >= 11 is 0. The fourth-order valence-electron chi connectivity index (χ4n) is 1.73. The maximum atomic E-state index is 12.3. The second kappa shape index (κ2) is 5.01. The van der Waals surface area contributed by atoms with Crippen molar-refractivity contribution in [2.45, 2.75) is 24.9 Å². The van der Waals surface area contributed by atoms with Gasteiger partial charge in [0.15, 0.2) is 0 Å². The predicted octanol–water partition coefficient (Wildman–Crippen LogP) is 2.07. The van der Waals surface area contributed by atoms with E-state index in [1.165, 1.54) is 26.0 Å². The molecule has 0 aliphatic rings. The van der Waals surface area contributed by atoms with Gasteiger partial charge in [0.25, 0.3) is 0 Å². The van der Waals surface area contributed by atoms with Crippen LogP contribution in [-0.4, -0.2) is 32.5 Å². The number of nitrogens with two attached hydrogens (primary N) is 1. The Balaban J connectivity index is 3.33. The van der Waals surface area contributed by atoms with Crippen molar-refractivity contribution in [3.8, 4) is 0 Å². The molecule has 0 saturated carbocycles. The van der Waals surface area contributed by atoms with Gasteiger partial charge in [0.2, 0.25) is 10.0 Å². The van der Waals surface area contributed by atoms with Crippen molar-refractivity contribution in [3.63, 3.8) is 0 Å². The number of anilines is 1. The Hall–Kier alpha value is -1.28. The lowest BCUT2D eigenvalue weighted by molar-refractivity contribution is -0.134. The van der Waals surface area contributed by atoms with Gasteiger partial charge >= 0.3 is 6.18 Å².